The lowest BCUT2D eigenvalue weighted by molar-refractivity contribution is 0.102. The summed E-state index contributed by atoms with van der Waals surface area (Å²) in [5.74, 6) is -0.571. The van der Waals surface area contributed by atoms with Crippen molar-refractivity contribution in [2.24, 2.45) is 0 Å². The quantitative estimate of drug-likeness (QED) is 0.763. The molecule has 0 aliphatic carbocycles. The first-order valence-electron chi connectivity index (χ1n) is 7.31. The highest BCUT2D eigenvalue weighted by atomic mass is 19.1. The summed E-state index contributed by atoms with van der Waals surface area (Å²) in [6.45, 7) is 0. The Kier molecular flexibility index (Phi) is 4.62. The highest BCUT2D eigenvalue weighted by Gasteiger charge is 2.10. The highest BCUT2D eigenvalue weighted by Crippen LogP contribution is 2.18. The van der Waals surface area contributed by atoms with Crippen LogP contribution in [0.25, 0.3) is 0 Å². The predicted octanol–water partition coefficient (Wildman–Crippen LogP) is 3.48. The molecule has 0 spiro atoms. The van der Waals surface area contributed by atoms with E-state index in [9.17, 15) is 9.18 Å². The molecule has 7 heteroatoms. The summed E-state index contributed by atoms with van der Waals surface area (Å²) in [4.78, 5) is 20.2. The molecule has 0 unspecified atom stereocenters. The Balaban J connectivity index is 1.75. The second-order valence-electron chi connectivity index (χ2n) is 5.04. The van der Waals surface area contributed by atoms with E-state index in [0.29, 0.717) is 17.1 Å². The molecule has 0 bridgehead atoms. The fraction of sp³-hybridized carbons (Fsp3) is 0. The van der Waals surface area contributed by atoms with Crippen LogP contribution < -0.4 is 10.6 Å². The number of aromatic nitrogens is 2. The van der Waals surface area contributed by atoms with Crippen molar-refractivity contribution in [3.05, 3.63) is 78.0 Å². The van der Waals surface area contributed by atoms with Gasteiger partial charge in [-0.25, -0.2) is 14.4 Å². The zero-order valence-electron chi connectivity index (χ0n) is 12.9. The highest BCUT2D eigenvalue weighted by molar-refractivity contribution is 6.03. The van der Waals surface area contributed by atoms with Gasteiger partial charge in [0.1, 0.15) is 23.7 Å². The molecule has 122 valence electrons. The summed E-state index contributed by atoms with van der Waals surface area (Å²) in [6.07, 6.45) is 1.22. The average molecular weight is 333 g/mol. The largest absolute Gasteiger partial charge is 0.338 e. The van der Waals surface area contributed by atoms with E-state index < -0.39 is 11.7 Å². The Bertz CT molecular complexity index is 950. The Morgan fingerprint density at radius 1 is 1.08 bits per heavy atom. The number of nitrogens with zero attached hydrogens (tertiary/aromatic N) is 3. The number of amides is 1. The normalized spacial score (nSPS) is 9.92. The molecule has 3 aromatic rings. The third-order valence-corrected chi connectivity index (χ3v) is 3.31. The number of benzene rings is 2. The Hall–Kier alpha value is -3.79. The van der Waals surface area contributed by atoms with Crippen molar-refractivity contribution in [1.82, 2.24) is 9.97 Å². The molecule has 0 saturated carbocycles. The number of nitrogens with one attached hydrogen (secondary N) is 2. The van der Waals surface area contributed by atoms with Gasteiger partial charge in [0.05, 0.1) is 17.3 Å². The van der Waals surface area contributed by atoms with Crippen LogP contribution in [0.3, 0.4) is 0 Å². The van der Waals surface area contributed by atoms with Crippen LogP contribution in [-0.2, 0) is 0 Å². The molecule has 1 aromatic heterocycles. The van der Waals surface area contributed by atoms with Gasteiger partial charge in [0.2, 0.25) is 0 Å². The lowest BCUT2D eigenvalue weighted by atomic mass is 10.2. The first kappa shape index (κ1) is 16.1. The van der Waals surface area contributed by atoms with Gasteiger partial charge in [-0.2, -0.15) is 5.26 Å². The number of rotatable bonds is 4. The third kappa shape index (κ3) is 3.95. The zero-order valence-corrected chi connectivity index (χ0v) is 12.9. The van der Waals surface area contributed by atoms with Crippen LogP contribution in [0.4, 0.5) is 21.6 Å². The van der Waals surface area contributed by atoms with E-state index in [1.165, 1.54) is 18.5 Å². The molecule has 25 heavy (non-hydrogen) atoms. The number of halogens is 1. The minimum absolute atomic E-state index is 0.123. The number of para-hydroxylation sites is 1. The summed E-state index contributed by atoms with van der Waals surface area (Å²) >= 11 is 0. The van der Waals surface area contributed by atoms with Gasteiger partial charge in [-0.3, -0.25) is 4.79 Å². The first-order chi connectivity index (χ1) is 12.2. The molecule has 0 atom stereocenters. The maximum absolute atomic E-state index is 13.7. The van der Waals surface area contributed by atoms with Crippen LogP contribution in [0.15, 0.2) is 60.9 Å². The summed E-state index contributed by atoms with van der Waals surface area (Å²) in [7, 11) is 0. The molecule has 0 fully saturated rings. The molecular weight excluding hydrogens is 321 g/mol. The van der Waals surface area contributed by atoms with Crippen LogP contribution in [0.2, 0.25) is 0 Å². The number of carbonyl (C=O) groups excluding carboxylic acids is 1. The number of nitriles is 1. The van der Waals surface area contributed by atoms with E-state index in [-0.39, 0.29) is 11.4 Å². The fourth-order valence-electron chi connectivity index (χ4n) is 2.07. The number of hydrogen-bond donors (Lipinski definition) is 2. The second-order valence-corrected chi connectivity index (χ2v) is 5.04. The van der Waals surface area contributed by atoms with Gasteiger partial charge in [-0.05, 0) is 36.4 Å². The van der Waals surface area contributed by atoms with Gasteiger partial charge in [-0.1, -0.05) is 12.1 Å². The maximum Gasteiger partial charge on any atom is 0.274 e. The van der Waals surface area contributed by atoms with Gasteiger partial charge in [0, 0.05) is 11.8 Å². The fourth-order valence-corrected chi connectivity index (χ4v) is 2.07. The van der Waals surface area contributed by atoms with Crippen LogP contribution in [-0.4, -0.2) is 15.9 Å². The van der Waals surface area contributed by atoms with Crippen molar-refractivity contribution in [1.29, 1.82) is 5.26 Å². The van der Waals surface area contributed by atoms with E-state index in [1.807, 2.05) is 6.07 Å². The minimum Gasteiger partial charge on any atom is -0.338 e. The standard InChI is InChI=1S/C18H12FN5O/c19-14-3-1-2-4-15(14)24-17-9-16(21-11-22-17)18(25)23-13-7-5-12(10-20)6-8-13/h1-9,11H,(H,23,25)(H,21,22,24). The van der Waals surface area contributed by atoms with Gasteiger partial charge in [0.15, 0.2) is 0 Å². The van der Waals surface area contributed by atoms with Gasteiger partial charge < -0.3 is 10.6 Å². The third-order valence-electron chi connectivity index (χ3n) is 3.31. The Morgan fingerprint density at radius 3 is 2.56 bits per heavy atom. The summed E-state index contributed by atoms with van der Waals surface area (Å²) in [6, 6.07) is 16.0. The summed E-state index contributed by atoms with van der Waals surface area (Å²) in [5.41, 5.74) is 1.40. The Morgan fingerprint density at radius 2 is 1.84 bits per heavy atom. The molecular formula is C18H12FN5O. The van der Waals surface area contributed by atoms with E-state index in [0.717, 1.165) is 0 Å². The minimum atomic E-state index is -0.441. The Labute approximate surface area is 143 Å². The molecule has 6 nitrogen and oxygen atoms in total. The van der Waals surface area contributed by atoms with Crippen molar-refractivity contribution < 1.29 is 9.18 Å². The lowest BCUT2D eigenvalue weighted by Crippen LogP contribution is -2.14. The van der Waals surface area contributed by atoms with Crippen molar-refractivity contribution in [3.8, 4) is 6.07 Å². The van der Waals surface area contributed by atoms with Crippen LogP contribution in [0.5, 0.6) is 0 Å². The molecule has 0 saturated heterocycles. The number of carbonyl (C=O) groups is 1. The van der Waals surface area contributed by atoms with Gasteiger partial charge in [-0.15, -0.1) is 0 Å². The van der Waals surface area contributed by atoms with Crippen molar-refractivity contribution in [2.45, 2.75) is 0 Å². The van der Waals surface area contributed by atoms with Crippen LogP contribution in [0, 0.1) is 17.1 Å². The van der Waals surface area contributed by atoms with Crippen LogP contribution in [0.1, 0.15) is 16.1 Å². The second kappa shape index (κ2) is 7.19. The monoisotopic (exact) mass is 333 g/mol. The van der Waals surface area contributed by atoms with E-state index >= 15 is 0 Å². The molecule has 0 aliphatic heterocycles. The predicted molar refractivity (Wildman–Crippen MR) is 90.8 cm³/mol. The van der Waals surface area contributed by atoms with E-state index in [4.69, 9.17) is 5.26 Å². The van der Waals surface area contributed by atoms with Crippen molar-refractivity contribution in [3.63, 3.8) is 0 Å². The summed E-state index contributed by atoms with van der Waals surface area (Å²) < 4.78 is 13.7. The van der Waals surface area contributed by atoms with Gasteiger partial charge >= 0.3 is 0 Å². The lowest BCUT2D eigenvalue weighted by Gasteiger charge is -2.08. The average Bonchev–Trinajstić information content (AvgIpc) is 2.64. The molecule has 1 amide bonds. The number of hydrogen-bond acceptors (Lipinski definition) is 5. The van der Waals surface area contributed by atoms with Crippen molar-refractivity contribution >= 4 is 23.1 Å². The van der Waals surface area contributed by atoms with Gasteiger partial charge in [0.25, 0.3) is 5.91 Å². The van der Waals surface area contributed by atoms with Crippen molar-refractivity contribution in [2.75, 3.05) is 10.6 Å². The van der Waals surface area contributed by atoms with Crippen LogP contribution >= 0.6 is 0 Å². The van der Waals surface area contributed by atoms with E-state index in [1.54, 1.807) is 42.5 Å². The molecule has 0 aliphatic rings. The number of anilines is 3. The smallest absolute Gasteiger partial charge is 0.274 e. The zero-order chi connectivity index (χ0) is 17.6. The van der Waals surface area contributed by atoms with E-state index in [2.05, 4.69) is 20.6 Å². The first-order valence-corrected chi connectivity index (χ1v) is 7.31. The molecule has 0 radical (unpaired) electrons. The molecule has 1 heterocycles. The summed E-state index contributed by atoms with van der Waals surface area (Å²) in [5, 5.41) is 14.2. The topological polar surface area (TPSA) is 90.7 Å². The molecule has 2 aromatic carbocycles. The molecule has 3 rings (SSSR count). The maximum atomic E-state index is 13.7. The SMILES string of the molecule is N#Cc1ccc(NC(=O)c2cc(Nc3ccccc3F)ncn2)cc1. The molecule has 2 N–H and O–H groups in total.